The average Bonchev–Trinajstić information content (AvgIpc) is 2.42. The van der Waals surface area contributed by atoms with Crippen molar-refractivity contribution in [3.05, 3.63) is 48.6 Å². The van der Waals surface area contributed by atoms with Crippen LogP contribution in [0.1, 0.15) is 12.0 Å². The Bertz CT molecular complexity index is 462. The van der Waals surface area contributed by atoms with Crippen molar-refractivity contribution in [2.24, 2.45) is 5.84 Å². The average molecular weight is 288 g/mol. The van der Waals surface area contributed by atoms with E-state index in [2.05, 4.69) is 6.58 Å². The van der Waals surface area contributed by atoms with Crippen LogP contribution in [0.25, 0.3) is 0 Å². The first kappa shape index (κ1) is 16.2. The number of rotatable bonds is 6. The molecule has 4 nitrogen and oxygen atoms in total. The van der Waals surface area contributed by atoms with E-state index in [0.29, 0.717) is 5.56 Å². The van der Waals surface area contributed by atoms with Gasteiger partial charge in [-0.3, -0.25) is 10.2 Å². The van der Waals surface area contributed by atoms with Gasteiger partial charge in [0.25, 0.3) is 5.91 Å². The van der Waals surface area contributed by atoms with Gasteiger partial charge in [0.2, 0.25) is 5.60 Å². The summed E-state index contributed by atoms with van der Waals surface area (Å²) in [5, 5.41) is 0. The molecule has 1 aromatic rings. The summed E-state index contributed by atoms with van der Waals surface area (Å²) < 4.78 is 44.5. The molecule has 1 atom stereocenters. The van der Waals surface area contributed by atoms with E-state index in [1.165, 1.54) is 5.43 Å². The Balaban J connectivity index is 3.03. The standard InChI is InChI=1S/C13H15F3N2O2/c1-2-8-12(11(19)18-17,13(14,15)16)20-9-10-6-4-3-5-7-10/h2-7H,1,8-9,17H2,(H,18,19). The van der Waals surface area contributed by atoms with Crippen molar-refractivity contribution in [1.82, 2.24) is 5.43 Å². The summed E-state index contributed by atoms with van der Waals surface area (Å²) in [5.74, 6) is 3.38. The third kappa shape index (κ3) is 3.37. The first-order valence-electron chi connectivity index (χ1n) is 5.74. The Kier molecular flexibility index (Phi) is 5.29. The van der Waals surface area contributed by atoms with Crippen LogP contribution in [-0.2, 0) is 16.1 Å². The number of carbonyl (C=O) groups excluding carboxylic acids is 1. The van der Waals surface area contributed by atoms with Crippen molar-refractivity contribution < 1.29 is 22.7 Å². The Morgan fingerprint density at radius 3 is 2.40 bits per heavy atom. The highest BCUT2D eigenvalue weighted by Crippen LogP contribution is 2.37. The molecule has 0 spiro atoms. The van der Waals surface area contributed by atoms with Crippen molar-refractivity contribution in [2.45, 2.75) is 24.8 Å². The summed E-state index contributed by atoms with van der Waals surface area (Å²) in [6.07, 6.45) is -4.68. The molecule has 1 aromatic carbocycles. The summed E-state index contributed by atoms with van der Waals surface area (Å²) in [6, 6.07) is 8.22. The molecule has 0 aliphatic carbocycles. The summed E-state index contributed by atoms with van der Waals surface area (Å²) in [7, 11) is 0. The molecule has 0 heterocycles. The highest BCUT2D eigenvalue weighted by molar-refractivity contribution is 5.86. The van der Waals surface area contributed by atoms with Crippen LogP contribution < -0.4 is 11.3 Å². The predicted molar refractivity (Wildman–Crippen MR) is 67.2 cm³/mol. The molecular formula is C13H15F3N2O2. The molecule has 1 amide bonds. The first-order valence-corrected chi connectivity index (χ1v) is 5.74. The van der Waals surface area contributed by atoms with Crippen molar-refractivity contribution in [3.63, 3.8) is 0 Å². The zero-order valence-corrected chi connectivity index (χ0v) is 10.6. The van der Waals surface area contributed by atoms with Gasteiger partial charge in [-0.05, 0) is 5.56 Å². The van der Waals surface area contributed by atoms with Gasteiger partial charge in [-0.15, -0.1) is 6.58 Å². The topological polar surface area (TPSA) is 64.3 Å². The van der Waals surface area contributed by atoms with E-state index in [9.17, 15) is 18.0 Å². The van der Waals surface area contributed by atoms with E-state index in [-0.39, 0.29) is 6.61 Å². The fourth-order valence-corrected chi connectivity index (χ4v) is 1.64. The van der Waals surface area contributed by atoms with Crippen molar-refractivity contribution >= 4 is 5.91 Å². The minimum Gasteiger partial charge on any atom is -0.352 e. The zero-order valence-electron chi connectivity index (χ0n) is 10.6. The third-order valence-corrected chi connectivity index (χ3v) is 2.72. The lowest BCUT2D eigenvalue weighted by Crippen LogP contribution is -2.59. The van der Waals surface area contributed by atoms with E-state index in [4.69, 9.17) is 10.6 Å². The lowest BCUT2D eigenvalue weighted by molar-refractivity contribution is -0.269. The van der Waals surface area contributed by atoms with Gasteiger partial charge < -0.3 is 4.74 Å². The number of halogens is 3. The molecule has 0 aliphatic rings. The molecule has 0 aliphatic heterocycles. The van der Waals surface area contributed by atoms with E-state index in [0.717, 1.165) is 6.08 Å². The summed E-state index contributed by atoms with van der Waals surface area (Å²) >= 11 is 0. The molecule has 20 heavy (non-hydrogen) atoms. The monoisotopic (exact) mass is 288 g/mol. The number of benzene rings is 1. The maximum absolute atomic E-state index is 13.2. The van der Waals surface area contributed by atoms with Crippen LogP contribution in [0.4, 0.5) is 13.2 Å². The van der Waals surface area contributed by atoms with Crippen LogP contribution in [0.2, 0.25) is 0 Å². The number of alkyl halides is 3. The molecule has 0 fully saturated rings. The van der Waals surface area contributed by atoms with E-state index in [1.54, 1.807) is 30.3 Å². The maximum atomic E-state index is 13.2. The van der Waals surface area contributed by atoms with E-state index >= 15 is 0 Å². The van der Waals surface area contributed by atoms with Crippen LogP contribution in [0.15, 0.2) is 43.0 Å². The summed E-state index contributed by atoms with van der Waals surface area (Å²) in [4.78, 5) is 11.6. The SMILES string of the molecule is C=CCC(OCc1ccccc1)(C(=O)NN)C(F)(F)F. The molecule has 0 radical (unpaired) electrons. The summed E-state index contributed by atoms with van der Waals surface area (Å²) in [5.41, 5.74) is -1.03. The Morgan fingerprint density at radius 2 is 1.95 bits per heavy atom. The molecule has 0 saturated carbocycles. The highest BCUT2D eigenvalue weighted by Gasteiger charge is 2.61. The molecule has 7 heteroatoms. The van der Waals surface area contributed by atoms with Crippen LogP contribution in [0, 0.1) is 0 Å². The number of ether oxygens (including phenoxy) is 1. The number of hydrogen-bond acceptors (Lipinski definition) is 3. The molecule has 1 unspecified atom stereocenters. The van der Waals surface area contributed by atoms with Crippen LogP contribution in [0.5, 0.6) is 0 Å². The van der Waals surface area contributed by atoms with Gasteiger partial charge >= 0.3 is 6.18 Å². The van der Waals surface area contributed by atoms with Gasteiger partial charge in [-0.2, -0.15) is 13.2 Å². The largest absolute Gasteiger partial charge is 0.427 e. The molecule has 110 valence electrons. The Hall–Kier alpha value is -1.86. The fourth-order valence-electron chi connectivity index (χ4n) is 1.64. The van der Waals surface area contributed by atoms with Gasteiger partial charge in [0, 0.05) is 6.42 Å². The van der Waals surface area contributed by atoms with Crippen molar-refractivity contribution in [2.75, 3.05) is 0 Å². The fraction of sp³-hybridized carbons (Fsp3) is 0.308. The van der Waals surface area contributed by atoms with Gasteiger partial charge in [0.05, 0.1) is 6.61 Å². The number of nitrogens with one attached hydrogen (secondary N) is 1. The predicted octanol–water partition coefficient (Wildman–Crippen LogP) is 2.07. The van der Waals surface area contributed by atoms with Gasteiger partial charge in [0.15, 0.2) is 0 Å². The lowest BCUT2D eigenvalue weighted by Gasteiger charge is -2.32. The smallest absolute Gasteiger partial charge is 0.352 e. The number of carbonyl (C=O) groups is 1. The van der Waals surface area contributed by atoms with E-state index < -0.39 is 24.1 Å². The highest BCUT2D eigenvalue weighted by atomic mass is 19.4. The van der Waals surface area contributed by atoms with Crippen LogP contribution in [-0.4, -0.2) is 17.7 Å². The Morgan fingerprint density at radius 1 is 1.35 bits per heavy atom. The second kappa shape index (κ2) is 6.53. The third-order valence-electron chi connectivity index (χ3n) is 2.72. The first-order chi connectivity index (χ1) is 9.37. The van der Waals surface area contributed by atoms with Crippen molar-refractivity contribution in [1.29, 1.82) is 0 Å². The quantitative estimate of drug-likeness (QED) is 0.364. The normalized spacial score (nSPS) is 14.4. The Labute approximate surface area is 114 Å². The molecule has 0 bridgehead atoms. The van der Waals surface area contributed by atoms with Crippen molar-refractivity contribution in [3.8, 4) is 0 Å². The number of hydrogen-bond donors (Lipinski definition) is 2. The molecule has 0 saturated heterocycles. The molecule has 1 rings (SSSR count). The van der Waals surface area contributed by atoms with Gasteiger partial charge in [-0.1, -0.05) is 36.4 Å². The van der Waals surface area contributed by atoms with Gasteiger partial charge in [0.1, 0.15) is 0 Å². The minimum absolute atomic E-state index is 0.373. The van der Waals surface area contributed by atoms with Gasteiger partial charge in [-0.25, -0.2) is 5.84 Å². The maximum Gasteiger partial charge on any atom is 0.427 e. The van der Waals surface area contributed by atoms with Crippen LogP contribution in [0.3, 0.4) is 0 Å². The number of nitrogens with two attached hydrogens (primary N) is 1. The number of amides is 1. The number of hydrazine groups is 1. The van der Waals surface area contributed by atoms with Crippen LogP contribution >= 0.6 is 0 Å². The minimum atomic E-state index is -4.92. The molecule has 0 aromatic heterocycles. The summed E-state index contributed by atoms with van der Waals surface area (Å²) in [6.45, 7) is 2.86. The zero-order chi connectivity index (χ0) is 15.2. The molecule has 3 N–H and O–H groups in total. The second-order valence-corrected chi connectivity index (χ2v) is 4.07. The second-order valence-electron chi connectivity index (χ2n) is 4.07. The molecular weight excluding hydrogens is 273 g/mol. The lowest BCUT2D eigenvalue weighted by atomic mass is 9.97. The van der Waals surface area contributed by atoms with E-state index in [1.807, 2.05) is 0 Å².